The molecule has 2 heteroatoms. The molecule has 0 unspecified atom stereocenters. The summed E-state index contributed by atoms with van der Waals surface area (Å²) in [6.07, 6.45) is 1.96. The van der Waals surface area contributed by atoms with Crippen LogP contribution in [0.1, 0.15) is 25.0 Å². The molecule has 1 aromatic rings. The Morgan fingerprint density at radius 2 is 2.00 bits per heavy atom. The first-order valence-corrected chi connectivity index (χ1v) is 5.08. The second-order valence-electron chi connectivity index (χ2n) is 2.76. The molecule has 0 bridgehead atoms. The molecule has 0 aliphatic rings. The van der Waals surface area contributed by atoms with Crippen LogP contribution in [0.4, 0.5) is 0 Å². The predicted octanol–water partition coefficient (Wildman–Crippen LogP) is 2.73. The highest BCUT2D eigenvalue weighted by Crippen LogP contribution is 2.08. The summed E-state index contributed by atoms with van der Waals surface area (Å²) in [4.78, 5) is 0. The van der Waals surface area contributed by atoms with Crippen LogP contribution in [0.2, 0.25) is 0 Å². The van der Waals surface area contributed by atoms with Crippen LogP contribution in [0.5, 0.6) is 0 Å². The summed E-state index contributed by atoms with van der Waals surface area (Å²) in [5, 5.41) is 0.942. The van der Waals surface area contributed by atoms with E-state index in [-0.39, 0.29) is 8.46 Å². The molecule has 0 aromatic heterocycles. The summed E-state index contributed by atoms with van der Waals surface area (Å²) >= 11 is 0. The highest BCUT2D eigenvalue weighted by molar-refractivity contribution is 7.34. The van der Waals surface area contributed by atoms with E-state index in [1.54, 1.807) is 0 Å². The first-order valence-electron chi connectivity index (χ1n) is 4.27. The highest BCUT2D eigenvalue weighted by Gasteiger charge is 2.00. The molecule has 0 saturated carbocycles. The van der Waals surface area contributed by atoms with E-state index in [0.29, 0.717) is 0 Å². The second-order valence-corrected chi connectivity index (χ2v) is 3.43. The molecule has 0 aliphatic carbocycles. The first-order chi connectivity index (χ1) is 5.81. The lowest BCUT2D eigenvalue weighted by atomic mass is 10.1. The zero-order valence-electron chi connectivity index (χ0n) is 7.50. The van der Waals surface area contributed by atoms with Crippen molar-refractivity contribution in [2.75, 3.05) is 0 Å². The van der Waals surface area contributed by atoms with Crippen LogP contribution in [0.3, 0.4) is 0 Å². The molecule has 0 fully saturated rings. The lowest BCUT2D eigenvalue weighted by molar-refractivity contribution is 0.603. The topological polar surface area (TPSA) is 17.1 Å². The van der Waals surface area contributed by atoms with Crippen molar-refractivity contribution in [1.82, 2.24) is 0 Å². The van der Waals surface area contributed by atoms with E-state index in [2.05, 4.69) is 26.0 Å². The molecule has 0 aliphatic heterocycles. The minimum absolute atomic E-state index is 0.142. The molecule has 0 amide bonds. The lowest BCUT2D eigenvalue weighted by Gasteiger charge is -2.02. The van der Waals surface area contributed by atoms with Gasteiger partial charge in [0.05, 0.1) is 0 Å². The molecular weight excluding hydrogens is 167 g/mol. The van der Waals surface area contributed by atoms with Gasteiger partial charge in [0.25, 0.3) is 0 Å². The van der Waals surface area contributed by atoms with Crippen molar-refractivity contribution in [2.24, 2.45) is 0 Å². The Bertz CT molecular complexity index is 281. The van der Waals surface area contributed by atoms with E-state index in [4.69, 9.17) is 0 Å². The van der Waals surface area contributed by atoms with Crippen LogP contribution in [-0.2, 0) is 17.4 Å². The lowest BCUT2D eigenvalue weighted by Crippen LogP contribution is -2.02. The zero-order chi connectivity index (χ0) is 8.97. The number of rotatable bonds is 3. The Hall–Kier alpha value is -0.680. The zero-order valence-corrected chi connectivity index (χ0v) is 8.40. The fraction of sp³-hybridized carbons (Fsp3) is 0.400. The Kier molecular flexibility index (Phi) is 3.43. The third kappa shape index (κ3) is 1.92. The summed E-state index contributed by atoms with van der Waals surface area (Å²) in [5.74, 6) is 0. The molecule has 0 atom stereocenters. The summed E-state index contributed by atoms with van der Waals surface area (Å²) < 4.78 is 10.8. The van der Waals surface area contributed by atoms with Gasteiger partial charge in [0.15, 0.2) is 8.46 Å². The summed E-state index contributed by atoms with van der Waals surface area (Å²) in [5.41, 5.74) is 2.44. The Balaban J connectivity index is 3.10. The monoisotopic (exact) mass is 180 g/mol. The molecule has 0 saturated heterocycles. The van der Waals surface area contributed by atoms with Crippen LogP contribution in [0, 0.1) is 0 Å². The largest absolute Gasteiger partial charge is 0.269 e. The van der Waals surface area contributed by atoms with E-state index in [0.717, 1.165) is 18.1 Å². The molecule has 64 valence electrons. The minimum atomic E-state index is 0.142. The SMILES string of the molecule is CCc1ccc(CC)c(P=O)c1. The van der Waals surface area contributed by atoms with Crippen molar-refractivity contribution < 1.29 is 4.57 Å². The van der Waals surface area contributed by atoms with Gasteiger partial charge in [-0.1, -0.05) is 26.0 Å². The van der Waals surface area contributed by atoms with Gasteiger partial charge in [-0.2, -0.15) is 0 Å². The summed E-state index contributed by atoms with van der Waals surface area (Å²) in [7, 11) is 0.142. The van der Waals surface area contributed by atoms with E-state index in [9.17, 15) is 4.57 Å². The maximum atomic E-state index is 10.8. The molecule has 1 aromatic carbocycles. The van der Waals surface area contributed by atoms with E-state index in [1.807, 2.05) is 6.07 Å². The van der Waals surface area contributed by atoms with Crippen LogP contribution in [0.25, 0.3) is 0 Å². The highest BCUT2D eigenvalue weighted by atomic mass is 31.1. The molecule has 12 heavy (non-hydrogen) atoms. The van der Waals surface area contributed by atoms with Crippen molar-refractivity contribution in [3.05, 3.63) is 29.3 Å². The molecule has 1 rings (SSSR count). The Labute approximate surface area is 75.0 Å². The van der Waals surface area contributed by atoms with Crippen LogP contribution in [-0.4, -0.2) is 0 Å². The van der Waals surface area contributed by atoms with E-state index >= 15 is 0 Å². The molecule has 0 spiro atoms. The Morgan fingerprint density at radius 3 is 2.50 bits per heavy atom. The summed E-state index contributed by atoms with van der Waals surface area (Å²) in [6.45, 7) is 4.18. The van der Waals surface area contributed by atoms with Gasteiger partial charge in [0, 0.05) is 5.30 Å². The maximum absolute atomic E-state index is 10.8. The molecule has 0 N–H and O–H groups in total. The first kappa shape index (κ1) is 9.41. The Morgan fingerprint density at radius 1 is 1.25 bits per heavy atom. The molecule has 0 radical (unpaired) electrons. The average molecular weight is 180 g/mol. The van der Waals surface area contributed by atoms with Gasteiger partial charge in [-0.15, -0.1) is 0 Å². The molecular formula is C10H13OP. The number of aryl methyl sites for hydroxylation is 2. The third-order valence-corrected chi connectivity index (χ3v) is 2.65. The van der Waals surface area contributed by atoms with Crippen molar-refractivity contribution in [1.29, 1.82) is 0 Å². The fourth-order valence-electron chi connectivity index (χ4n) is 1.21. The quantitative estimate of drug-likeness (QED) is 0.653. The normalized spacial score (nSPS) is 10.5. The minimum Gasteiger partial charge on any atom is -0.269 e. The maximum Gasteiger partial charge on any atom is 0.192 e. The third-order valence-electron chi connectivity index (χ3n) is 2.04. The van der Waals surface area contributed by atoms with Crippen LogP contribution < -0.4 is 5.30 Å². The second kappa shape index (κ2) is 4.37. The average Bonchev–Trinajstić information content (AvgIpc) is 2.16. The fourth-order valence-corrected chi connectivity index (χ4v) is 1.78. The smallest absolute Gasteiger partial charge is 0.192 e. The summed E-state index contributed by atoms with van der Waals surface area (Å²) in [6, 6.07) is 6.19. The van der Waals surface area contributed by atoms with Gasteiger partial charge in [0.1, 0.15) is 0 Å². The van der Waals surface area contributed by atoms with Gasteiger partial charge in [-0.3, -0.25) is 4.57 Å². The van der Waals surface area contributed by atoms with Crippen molar-refractivity contribution in [3.63, 3.8) is 0 Å². The van der Waals surface area contributed by atoms with Gasteiger partial charge in [0.2, 0.25) is 0 Å². The van der Waals surface area contributed by atoms with Crippen LogP contribution >= 0.6 is 8.46 Å². The van der Waals surface area contributed by atoms with Gasteiger partial charge in [-0.25, -0.2) is 0 Å². The number of hydrogen-bond acceptors (Lipinski definition) is 1. The number of hydrogen-bond donors (Lipinski definition) is 0. The standard InChI is InChI=1S/C10H13OP/c1-3-8-5-6-9(4-2)10(7-8)12-11/h5-7H,3-4H2,1-2H3. The van der Waals surface area contributed by atoms with Crippen molar-refractivity contribution in [3.8, 4) is 0 Å². The van der Waals surface area contributed by atoms with Crippen LogP contribution in [0.15, 0.2) is 18.2 Å². The van der Waals surface area contributed by atoms with Gasteiger partial charge < -0.3 is 0 Å². The molecule has 1 nitrogen and oxygen atoms in total. The van der Waals surface area contributed by atoms with Crippen molar-refractivity contribution >= 4 is 13.8 Å². The van der Waals surface area contributed by atoms with E-state index in [1.165, 1.54) is 11.1 Å². The van der Waals surface area contributed by atoms with Gasteiger partial charge in [-0.05, 0) is 30.0 Å². The van der Waals surface area contributed by atoms with E-state index < -0.39 is 0 Å². The number of benzene rings is 1. The van der Waals surface area contributed by atoms with Crippen molar-refractivity contribution in [2.45, 2.75) is 26.7 Å². The predicted molar refractivity (Wildman–Crippen MR) is 52.4 cm³/mol. The van der Waals surface area contributed by atoms with Gasteiger partial charge >= 0.3 is 0 Å². The molecule has 0 heterocycles.